The summed E-state index contributed by atoms with van der Waals surface area (Å²) in [5.41, 5.74) is 0.598. The van der Waals surface area contributed by atoms with E-state index in [0.717, 1.165) is 6.42 Å². The molecule has 0 aliphatic rings. The van der Waals surface area contributed by atoms with Crippen LogP contribution in [0.3, 0.4) is 0 Å². The number of carbonyl (C=O) groups is 1. The minimum absolute atomic E-state index is 0.0608. The van der Waals surface area contributed by atoms with E-state index < -0.39 is 0 Å². The second-order valence-electron chi connectivity index (χ2n) is 3.12. The molecule has 1 atom stereocenters. The highest BCUT2D eigenvalue weighted by molar-refractivity contribution is 5.92. The molecular weight excluding hydrogens is 166 g/mol. The standard InChI is InChI=1S/C9H15N3O/c1-4-7(2)11-9(13)8-5-6-10-12(8)3/h5-7H,4H2,1-3H3,(H,11,13). The Labute approximate surface area is 77.9 Å². The van der Waals surface area contributed by atoms with Gasteiger partial charge in [-0.15, -0.1) is 0 Å². The van der Waals surface area contributed by atoms with E-state index in [9.17, 15) is 4.79 Å². The molecule has 0 aliphatic heterocycles. The second-order valence-corrected chi connectivity index (χ2v) is 3.12. The van der Waals surface area contributed by atoms with Gasteiger partial charge in [-0.1, -0.05) is 6.92 Å². The van der Waals surface area contributed by atoms with Crippen molar-refractivity contribution in [3.05, 3.63) is 18.0 Å². The first-order chi connectivity index (χ1) is 6.15. The van der Waals surface area contributed by atoms with Crippen molar-refractivity contribution in [3.63, 3.8) is 0 Å². The summed E-state index contributed by atoms with van der Waals surface area (Å²) in [7, 11) is 1.76. The highest BCUT2D eigenvalue weighted by Crippen LogP contribution is 1.97. The van der Waals surface area contributed by atoms with Crippen molar-refractivity contribution in [1.82, 2.24) is 15.1 Å². The highest BCUT2D eigenvalue weighted by Gasteiger charge is 2.10. The Morgan fingerprint density at radius 3 is 2.92 bits per heavy atom. The van der Waals surface area contributed by atoms with Crippen LogP contribution in [0.2, 0.25) is 0 Å². The van der Waals surface area contributed by atoms with E-state index in [1.54, 1.807) is 24.0 Å². The molecule has 0 spiro atoms. The van der Waals surface area contributed by atoms with E-state index >= 15 is 0 Å². The maximum Gasteiger partial charge on any atom is 0.269 e. The predicted molar refractivity (Wildman–Crippen MR) is 50.4 cm³/mol. The molecule has 0 aromatic carbocycles. The van der Waals surface area contributed by atoms with Gasteiger partial charge in [-0.3, -0.25) is 9.48 Å². The van der Waals surface area contributed by atoms with Gasteiger partial charge in [0.25, 0.3) is 5.91 Å². The zero-order valence-corrected chi connectivity index (χ0v) is 8.24. The monoisotopic (exact) mass is 181 g/mol. The van der Waals surface area contributed by atoms with E-state index in [1.165, 1.54) is 0 Å². The van der Waals surface area contributed by atoms with Crippen LogP contribution in [-0.4, -0.2) is 21.7 Å². The summed E-state index contributed by atoms with van der Waals surface area (Å²) in [6.45, 7) is 4.02. The Morgan fingerprint density at radius 1 is 1.77 bits per heavy atom. The molecule has 0 radical (unpaired) electrons. The van der Waals surface area contributed by atoms with Gasteiger partial charge in [-0.25, -0.2) is 0 Å². The number of hydrogen-bond acceptors (Lipinski definition) is 2. The first kappa shape index (κ1) is 9.77. The zero-order chi connectivity index (χ0) is 9.84. The normalized spacial score (nSPS) is 12.5. The molecule has 1 rings (SSSR count). The van der Waals surface area contributed by atoms with Gasteiger partial charge >= 0.3 is 0 Å². The molecule has 1 N–H and O–H groups in total. The average Bonchev–Trinajstić information content (AvgIpc) is 2.51. The molecule has 4 heteroatoms. The second kappa shape index (κ2) is 4.07. The molecule has 1 aromatic heterocycles. The van der Waals surface area contributed by atoms with Crippen molar-refractivity contribution < 1.29 is 4.79 Å². The molecule has 0 bridgehead atoms. The topological polar surface area (TPSA) is 46.9 Å². The largest absolute Gasteiger partial charge is 0.348 e. The fourth-order valence-corrected chi connectivity index (χ4v) is 0.996. The third-order valence-electron chi connectivity index (χ3n) is 2.04. The lowest BCUT2D eigenvalue weighted by Crippen LogP contribution is -2.33. The summed E-state index contributed by atoms with van der Waals surface area (Å²) in [5.74, 6) is -0.0608. The van der Waals surface area contributed by atoms with Crippen molar-refractivity contribution in [1.29, 1.82) is 0 Å². The Bertz CT molecular complexity index is 293. The number of carbonyl (C=O) groups excluding carboxylic acids is 1. The zero-order valence-electron chi connectivity index (χ0n) is 8.24. The first-order valence-corrected chi connectivity index (χ1v) is 4.44. The van der Waals surface area contributed by atoms with Crippen LogP contribution < -0.4 is 5.32 Å². The molecule has 4 nitrogen and oxygen atoms in total. The molecule has 13 heavy (non-hydrogen) atoms. The maximum atomic E-state index is 11.5. The van der Waals surface area contributed by atoms with E-state index in [0.29, 0.717) is 5.69 Å². The molecule has 1 amide bonds. The minimum atomic E-state index is -0.0608. The Kier molecular flexibility index (Phi) is 3.06. The van der Waals surface area contributed by atoms with Gasteiger partial charge in [-0.05, 0) is 19.4 Å². The van der Waals surface area contributed by atoms with Crippen molar-refractivity contribution in [2.24, 2.45) is 7.05 Å². The van der Waals surface area contributed by atoms with Gasteiger partial charge in [-0.2, -0.15) is 5.10 Å². The summed E-state index contributed by atoms with van der Waals surface area (Å²) in [6, 6.07) is 1.92. The summed E-state index contributed by atoms with van der Waals surface area (Å²) in [4.78, 5) is 11.5. The van der Waals surface area contributed by atoms with Gasteiger partial charge in [0.2, 0.25) is 0 Å². The summed E-state index contributed by atoms with van der Waals surface area (Å²) < 4.78 is 1.57. The third-order valence-corrected chi connectivity index (χ3v) is 2.04. The average molecular weight is 181 g/mol. The predicted octanol–water partition coefficient (Wildman–Crippen LogP) is 0.948. The fourth-order valence-electron chi connectivity index (χ4n) is 0.996. The summed E-state index contributed by atoms with van der Waals surface area (Å²) >= 11 is 0. The Balaban J connectivity index is 2.64. The smallest absolute Gasteiger partial charge is 0.269 e. The summed E-state index contributed by atoms with van der Waals surface area (Å²) in [6.07, 6.45) is 2.55. The lowest BCUT2D eigenvalue weighted by atomic mass is 10.2. The van der Waals surface area contributed by atoms with Crippen LogP contribution >= 0.6 is 0 Å². The van der Waals surface area contributed by atoms with Crippen LogP contribution in [0.1, 0.15) is 30.8 Å². The van der Waals surface area contributed by atoms with E-state index in [1.807, 2.05) is 13.8 Å². The van der Waals surface area contributed by atoms with Crippen LogP contribution in [0.5, 0.6) is 0 Å². The molecule has 0 saturated heterocycles. The van der Waals surface area contributed by atoms with Crippen molar-refractivity contribution in [3.8, 4) is 0 Å². The van der Waals surface area contributed by atoms with Crippen LogP contribution in [0.15, 0.2) is 12.3 Å². The van der Waals surface area contributed by atoms with E-state index in [-0.39, 0.29) is 11.9 Å². The number of aryl methyl sites for hydroxylation is 1. The first-order valence-electron chi connectivity index (χ1n) is 4.44. The molecule has 0 aliphatic carbocycles. The molecular formula is C9H15N3O. The minimum Gasteiger partial charge on any atom is -0.348 e. The third kappa shape index (κ3) is 2.31. The molecule has 1 unspecified atom stereocenters. The van der Waals surface area contributed by atoms with Crippen molar-refractivity contribution >= 4 is 5.91 Å². The number of nitrogens with zero attached hydrogens (tertiary/aromatic N) is 2. The van der Waals surface area contributed by atoms with Crippen LogP contribution in [-0.2, 0) is 7.05 Å². The van der Waals surface area contributed by atoms with E-state index in [2.05, 4.69) is 10.4 Å². The SMILES string of the molecule is CCC(C)NC(=O)c1ccnn1C. The quantitative estimate of drug-likeness (QED) is 0.754. The Hall–Kier alpha value is -1.32. The number of aromatic nitrogens is 2. The van der Waals surface area contributed by atoms with Crippen LogP contribution in [0.25, 0.3) is 0 Å². The van der Waals surface area contributed by atoms with E-state index in [4.69, 9.17) is 0 Å². The van der Waals surface area contributed by atoms with Crippen LogP contribution in [0.4, 0.5) is 0 Å². The molecule has 1 aromatic rings. The molecule has 72 valence electrons. The number of nitrogens with one attached hydrogen (secondary N) is 1. The molecule has 0 fully saturated rings. The van der Waals surface area contributed by atoms with Gasteiger partial charge in [0.15, 0.2) is 0 Å². The lowest BCUT2D eigenvalue weighted by Gasteiger charge is -2.10. The number of rotatable bonds is 3. The lowest BCUT2D eigenvalue weighted by molar-refractivity contribution is 0.0930. The van der Waals surface area contributed by atoms with Crippen molar-refractivity contribution in [2.45, 2.75) is 26.3 Å². The Morgan fingerprint density at radius 2 is 2.46 bits per heavy atom. The van der Waals surface area contributed by atoms with Gasteiger partial charge < -0.3 is 5.32 Å². The number of amides is 1. The van der Waals surface area contributed by atoms with Gasteiger partial charge in [0.1, 0.15) is 5.69 Å². The van der Waals surface area contributed by atoms with Crippen LogP contribution in [0, 0.1) is 0 Å². The maximum absolute atomic E-state index is 11.5. The highest BCUT2D eigenvalue weighted by atomic mass is 16.2. The number of hydrogen-bond donors (Lipinski definition) is 1. The summed E-state index contributed by atoms with van der Waals surface area (Å²) in [5, 5.41) is 6.80. The molecule has 1 heterocycles. The molecule has 0 saturated carbocycles. The fraction of sp³-hybridized carbons (Fsp3) is 0.556. The van der Waals surface area contributed by atoms with Crippen molar-refractivity contribution in [2.75, 3.05) is 0 Å². The van der Waals surface area contributed by atoms with Gasteiger partial charge in [0, 0.05) is 19.3 Å². The van der Waals surface area contributed by atoms with Gasteiger partial charge in [0.05, 0.1) is 0 Å².